The number of nitrogens with zero attached hydrogens (tertiary/aromatic N) is 2. The van der Waals surface area contributed by atoms with Crippen molar-refractivity contribution in [1.82, 2.24) is 15.2 Å². The average Bonchev–Trinajstić information content (AvgIpc) is 3.20. The molecule has 6 heteroatoms. The molecule has 0 unspecified atom stereocenters. The number of aliphatic hydroxyl groups is 1. The molecule has 21 heavy (non-hydrogen) atoms. The number of nitrogens with one attached hydrogen (secondary N) is 1. The zero-order valence-corrected chi connectivity index (χ0v) is 12.4. The quantitative estimate of drug-likeness (QED) is 0.841. The summed E-state index contributed by atoms with van der Waals surface area (Å²) in [5.41, 5.74) is 0. The molecule has 3 rings (SSSR count). The number of carbonyl (C=O) groups excluding carboxylic acids is 1. The highest BCUT2D eigenvalue weighted by atomic mass is 16.4. The number of aliphatic hydroxyl groups excluding tert-OH is 1. The molecule has 1 aliphatic heterocycles. The second kappa shape index (κ2) is 6.15. The van der Waals surface area contributed by atoms with Crippen LogP contribution in [0.3, 0.4) is 0 Å². The van der Waals surface area contributed by atoms with Crippen LogP contribution < -0.4 is 5.32 Å². The van der Waals surface area contributed by atoms with Gasteiger partial charge in [0.25, 0.3) is 0 Å². The van der Waals surface area contributed by atoms with E-state index in [-0.39, 0.29) is 11.8 Å². The first-order valence-electron chi connectivity index (χ1n) is 7.74. The standard InChI is InChI=1S/C15H23N3O3/c1-10-8-16-13(21-10)9-18-6-4-11(5-7-18)14(19)15(20)17-12-2-3-12/h8,11-12,14,19H,2-7,9H2,1H3,(H,17,20)/t14-/m0/s1. The SMILES string of the molecule is Cc1cnc(CN2CCC([C@H](O)C(=O)NC3CC3)CC2)o1. The van der Waals surface area contributed by atoms with Crippen LogP contribution in [0.15, 0.2) is 10.6 Å². The van der Waals surface area contributed by atoms with Gasteiger partial charge >= 0.3 is 0 Å². The Balaban J connectivity index is 1.44. The van der Waals surface area contributed by atoms with E-state index in [1.165, 1.54) is 0 Å². The summed E-state index contributed by atoms with van der Waals surface area (Å²) in [4.78, 5) is 18.3. The number of oxazole rings is 1. The monoisotopic (exact) mass is 293 g/mol. The van der Waals surface area contributed by atoms with Crippen LogP contribution in [0.25, 0.3) is 0 Å². The number of aromatic nitrogens is 1. The van der Waals surface area contributed by atoms with Crippen molar-refractivity contribution in [2.75, 3.05) is 13.1 Å². The minimum Gasteiger partial charge on any atom is -0.445 e. The van der Waals surface area contributed by atoms with Gasteiger partial charge in [-0.1, -0.05) is 0 Å². The van der Waals surface area contributed by atoms with E-state index in [4.69, 9.17) is 4.42 Å². The van der Waals surface area contributed by atoms with Crippen molar-refractivity contribution in [3.05, 3.63) is 17.8 Å². The van der Waals surface area contributed by atoms with E-state index in [9.17, 15) is 9.90 Å². The van der Waals surface area contributed by atoms with E-state index in [0.717, 1.165) is 50.4 Å². The maximum atomic E-state index is 11.9. The summed E-state index contributed by atoms with van der Waals surface area (Å²) in [5.74, 6) is 1.43. The molecular weight excluding hydrogens is 270 g/mol. The van der Waals surface area contributed by atoms with Crippen LogP contribution >= 0.6 is 0 Å². The fraction of sp³-hybridized carbons (Fsp3) is 0.733. The lowest BCUT2D eigenvalue weighted by atomic mass is 9.90. The second-order valence-corrected chi connectivity index (χ2v) is 6.21. The maximum Gasteiger partial charge on any atom is 0.249 e. The Kier molecular flexibility index (Phi) is 4.26. The van der Waals surface area contributed by atoms with Gasteiger partial charge in [-0.05, 0) is 51.6 Å². The minimum absolute atomic E-state index is 0.0614. The Morgan fingerprint density at radius 1 is 1.48 bits per heavy atom. The normalized spacial score (nSPS) is 22.2. The highest BCUT2D eigenvalue weighted by Gasteiger charge is 2.33. The number of piperidine rings is 1. The molecule has 0 bridgehead atoms. The van der Waals surface area contributed by atoms with Crippen molar-refractivity contribution >= 4 is 5.91 Å². The van der Waals surface area contributed by atoms with E-state index in [1.54, 1.807) is 6.20 Å². The number of hydrogen-bond acceptors (Lipinski definition) is 5. The zero-order valence-electron chi connectivity index (χ0n) is 12.4. The first kappa shape index (κ1) is 14.5. The van der Waals surface area contributed by atoms with Gasteiger partial charge in [0.15, 0.2) is 0 Å². The van der Waals surface area contributed by atoms with Crippen molar-refractivity contribution in [3.8, 4) is 0 Å². The predicted octanol–water partition coefficient (Wildman–Crippen LogP) is 0.835. The smallest absolute Gasteiger partial charge is 0.249 e. The van der Waals surface area contributed by atoms with Crippen molar-refractivity contribution in [1.29, 1.82) is 0 Å². The van der Waals surface area contributed by atoms with Gasteiger partial charge in [-0.15, -0.1) is 0 Å². The molecule has 0 spiro atoms. The Hall–Kier alpha value is -1.40. The van der Waals surface area contributed by atoms with Gasteiger partial charge in [-0.25, -0.2) is 4.98 Å². The number of hydrogen-bond donors (Lipinski definition) is 2. The van der Waals surface area contributed by atoms with E-state index in [0.29, 0.717) is 12.6 Å². The molecule has 1 saturated heterocycles. The number of amides is 1. The first-order valence-corrected chi connectivity index (χ1v) is 7.74. The van der Waals surface area contributed by atoms with Crippen LogP contribution in [0.5, 0.6) is 0 Å². The predicted molar refractivity (Wildman–Crippen MR) is 76.4 cm³/mol. The van der Waals surface area contributed by atoms with Gasteiger partial charge in [0.1, 0.15) is 11.9 Å². The van der Waals surface area contributed by atoms with Crippen LogP contribution in [0.2, 0.25) is 0 Å². The summed E-state index contributed by atoms with van der Waals surface area (Å²) in [7, 11) is 0. The fourth-order valence-corrected chi connectivity index (χ4v) is 2.82. The topological polar surface area (TPSA) is 78.6 Å². The molecule has 2 aliphatic rings. The Bertz CT molecular complexity index is 490. The molecule has 2 fully saturated rings. The summed E-state index contributed by atoms with van der Waals surface area (Å²) >= 11 is 0. The maximum absolute atomic E-state index is 11.9. The Labute approximate surface area is 124 Å². The van der Waals surface area contributed by atoms with Crippen molar-refractivity contribution in [3.63, 3.8) is 0 Å². The molecular formula is C15H23N3O3. The first-order chi connectivity index (χ1) is 10.1. The molecule has 116 valence electrons. The summed E-state index contributed by atoms with van der Waals surface area (Å²) in [6.45, 7) is 4.31. The van der Waals surface area contributed by atoms with Gasteiger partial charge < -0.3 is 14.8 Å². The van der Waals surface area contributed by atoms with Crippen LogP contribution in [-0.2, 0) is 11.3 Å². The highest BCUT2D eigenvalue weighted by molar-refractivity contribution is 5.81. The van der Waals surface area contributed by atoms with E-state index < -0.39 is 6.10 Å². The van der Waals surface area contributed by atoms with Crippen molar-refractivity contribution < 1.29 is 14.3 Å². The molecule has 0 radical (unpaired) electrons. The largest absolute Gasteiger partial charge is 0.445 e. The van der Waals surface area contributed by atoms with E-state index in [1.807, 2.05) is 6.92 Å². The third kappa shape index (κ3) is 3.83. The second-order valence-electron chi connectivity index (χ2n) is 6.21. The zero-order chi connectivity index (χ0) is 14.8. The van der Waals surface area contributed by atoms with E-state index in [2.05, 4.69) is 15.2 Å². The van der Waals surface area contributed by atoms with Crippen LogP contribution in [-0.4, -0.2) is 46.1 Å². The Morgan fingerprint density at radius 3 is 2.76 bits per heavy atom. The van der Waals surface area contributed by atoms with Crippen LogP contribution in [0, 0.1) is 12.8 Å². The van der Waals surface area contributed by atoms with Gasteiger partial charge in [0.05, 0.1) is 12.7 Å². The lowest BCUT2D eigenvalue weighted by Gasteiger charge is -2.33. The molecule has 6 nitrogen and oxygen atoms in total. The third-order valence-corrected chi connectivity index (χ3v) is 4.30. The molecule has 1 amide bonds. The molecule has 1 saturated carbocycles. The molecule has 2 N–H and O–H groups in total. The Morgan fingerprint density at radius 2 is 2.19 bits per heavy atom. The van der Waals surface area contributed by atoms with Crippen molar-refractivity contribution in [2.45, 2.75) is 51.3 Å². The fourth-order valence-electron chi connectivity index (χ4n) is 2.82. The lowest BCUT2D eigenvalue weighted by Crippen LogP contribution is -2.44. The summed E-state index contributed by atoms with van der Waals surface area (Å²) in [5, 5.41) is 13.0. The molecule has 1 atom stereocenters. The third-order valence-electron chi connectivity index (χ3n) is 4.30. The average molecular weight is 293 g/mol. The highest BCUT2D eigenvalue weighted by Crippen LogP contribution is 2.24. The summed E-state index contributed by atoms with van der Waals surface area (Å²) in [6.07, 6.45) is 4.63. The molecule has 0 aromatic carbocycles. The molecule has 2 heterocycles. The number of rotatable bonds is 5. The van der Waals surface area contributed by atoms with Gasteiger partial charge in [0, 0.05) is 6.04 Å². The van der Waals surface area contributed by atoms with Crippen molar-refractivity contribution in [2.24, 2.45) is 5.92 Å². The molecule has 1 aliphatic carbocycles. The molecule has 1 aromatic heterocycles. The van der Waals surface area contributed by atoms with Crippen LogP contribution in [0.4, 0.5) is 0 Å². The number of carbonyl (C=O) groups is 1. The van der Waals surface area contributed by atoms with Gasteiger partial charge in [-0.3, -0.25) is 9.69 Å². The summed E-state index contributed by atoms with van der Waals surface area (Å²) < 4.78 is 5.48. The van der Waals surface area contributed by atoms with Crippen LogP contribution in [0.1, 0.15) is 37.3 Å². The summed E-state index contributed by atoms with van der Waals surface area (Å²) in [6, 6.07) is 0.306. The molecule has 1 aromatic rings. The number of aryl methyl sites for hydroxylation is 1. The minimum atomic E-state index is -0.864. The lowest BCUT2D eigenvalue weighted by molar-refractivity contribution is -0.133. The van der Waals surface area contributed by atoms with Gasteiger partial charge in [-0.2, -0.15) is 0 Å². The number of likely N-dealkylation sites (tertiary alicyclic amines) is 1. The van der Waals surface area contributed by atoms with Gasteiger partial charge in [0.2, 0.25) is 11.8 Å². The van der Waals surface area contributed by atoms with E-state index >= 15 is 0 Å².